The minimum Gasteiger partial charge on any atom is -0.456 e. The number of furan rings is 1. The number of fused-ring (bicyclic) bond motifs is 3. The average Bonchev–Trinajstić information content (AvgIpc) is 3.57. The van der Waals surface area contributed by atoms with E-state index >= 15 is 0 Å². The first-order valence-electron chi connectivity index (χ1n) is 16.4. The fourth-order valence-corrected chi connectivity index (χ4v) is 6.51. The van der Waals surface area contributed by atoms with Gasteiger partial charge in [-0.2, -0.15) is 0 Å². The summed E-state index contributed by atoms with van der Waals surface area (Å²) in [5, 5.41) is 2.00. The lowest BCUT2D eigenvalue weighted by Gasteiger charge is -2.10. The molecule has 7 aromatic carbocycles. The smallest absolute Gasteiger partial charge is 0.164 e. The van der Waals surface area contributed by atoms with Crippen LogP contribution in [0.4, 0.5) is 0 Å². The summed E-state index contributed by atoms with van der Waals surface area (Å²) in [6.07, 6.45) is 0. The van der Waals surface area contributed by atoms with Gasteiger partial charge in [0.05, 0.1) is 0 Å². The molecule has 0 bridgehead atoms. The second-order valence-corrected chi connectivity index (χ2v) is 12.1. The largest absolute Gasteiger partial charge is 0.456 e. The summed E-state index contributed by atoms with van der Waals surface area (Å²) in [7, 11) is 0. The Kier molecular flexibility index (Phi) is 7.10. The Morgan fingerprint density at radius 1 is 0.306 bits per heavy atom. The molecule has 0 radical (unpaired) electrons. The van der Waals surface area contributed by atoms with Crippen molar-refractivity contribution in [2.24, 2.45) is 0 Å². The zero-order valence-corrected chi connectivity index (χ0v) is 26.5. The molecular weight excluding hydrogens is 599 g/mol. The van der Waals surface area contributed by atoms with Crippen LogP contribution in [0.1, 0.15) is 0 Å². The van der Waals surface area contributed by atoms with Gasteiger partial charge in [-0.3, -0.25) is 0 Å². The van der Waals surface area contributed by atoms with E-state index in [1.54, 1.807) is 0 Å². The van der Waals surface area contributed by atoms with Gasteiger partial charge in [0.15, 0.2) is 17.5 Å². The topological polar surface area (TPSA) is 51.8 Å². The number of hydrogen-bond donors (Lipinski definition) is 0. The second-order valence-electron chi connectivity index (χ2n) is 12.1. The van der Waals surface area contributed by atoms with Crippen molar-refractivity contribution in [3.63, 3.8) is 0 Å². The van der Waals surface area contributed by atoms with Gasteiger partial charge >= 0.3 is 0 Å². The van der Waals surface area contributed by atoms with E-state index in [0.29, 0.717) is 17.5 Å². The first kappa shape index (κ1) is 28.6. The molecule has 0 saturated carbocycles. The van der Waals surface area contributed by atoms with E-state index in [0.717, 1.165) is 60.9 Å². The van der Waals surface area contributed by atoms with Gasteiger partial charge in [0.2, 0.25) is 0 Å². The molecule has 4 nitrogen and oxygen atoms in total. The zero-order valence-electron chi connectivity index (χ0n) is 26.5. The highest BCUT2D eigenvalue weighted by Crippen LogP contribution is 2.39. The van der Waals surface area contributed by atoms with E-state index in [9.17, 15) is 0 Å². The number of benzene rings is 7. The predicted octanol–water partition coefficient (Wildman–Crippen LogP) is 11.8. The first-order valence-corrected chi connectivity index (χ1v) is 16.4. The molecule has 4 heteroatoms. The molecule has 0 amide bonds. The Morgan fingerprint density at radius 3 is 1.43 bits per heavy atom. The molecule has 2 heterocycles. The summed E-state index contributed by atoms with van der Waals surface area (Å²) in [5.41, 5.74) is 11.2. The number of aromatic nitrogens is 3. The summed E-state index contributed by atoms with van der Waals surface area (Å²) in [4.78, 5) is 15.2. The third kappa shape index (κ3) is 5.45. The van der Waals surface area contributed by atoms with E-state index < -0.39 is 0 Å². The van der Waals surface area contributed by atoms with Gasteiger partial charge in [-0.15, -0.1) is 0 Å². The van der Waals surface area contributed by atoms with Crippen molar-refractivity contribution in [2.45, 2.75) is 0 Å². The molecule has 2 aromatic heterocycles. The van der Waals surface area contributed by atoms with Crippen molar-refractivity contribution in [3.8, 4) is 67.5 Å². The Bertz CT molecular complexity index is 2590. The average molecular weight is 628 g/mol. The van der Waals surface area contributed by atoms with Crippen LogP contribution in [0, 0.1) is 0 Å². The van der Waals surface area contributed by atoms with Crippen molar-refractivity contribution in [2.75, 3.05) is 0 Å². The third-order valence-corrected chi connectivity index (χ3v) is 8.94. The van der Waals surface area contributed by atoms with Crippen LogP contribution in [0.3, 0.4) is 0 Å². The molecular formula is C45H29N3O. The summed E-state index contributed by atoms with van der Waals surface area (Å²) in [5.74, 6) is 1.84. The van der Waals surface area contributed by atoms with Gasteiger partial charge < -0.3 is 4.42 Å². The molecule has 9 aromatic rings. The monoisotopic (exact) mass is 627 g/mol. The highest BCUT2D eigenvalue weighted by molar-refractivity contribution is 6.12. The molecule has 0 aliphatic carbocycles. The summed E-state index contributed by atoms with van der Waals surface area (Å²) in [6.45, 7) is 0. The SMILES string of the molecule is c1ccc(-c2cccc(-c3ccc4c(c3)oc3cccc(-c5nc(-c6ccccc6)nc(-c6cccc(-c7ccccc7)c6)n5)c34)c2)cc1. The molecule has 0 aliphatic heterocycles. The Hall–Kier alpha value is -6.65. The standard InChI is InChI=1S/C45H29N3O/c1-4-13-30(14-5-1)33-19-10-21-35(27-33)36-25-26-38-41(29-36)49-40-24-12-23-39(42(38)40)45-47-43(32-17-8-3-9-18-32)46-44(48-45)37-22-11-20-34(28-37)31-15-6-2-7-16-31/h1-29H. The van der Waals surface area contributed by atoms with E-state index in [-0.39, 0.29) is 0 Å². The maximum absolute atomic E-state index is 6.51. The molecule has 230 valence electrons. The van der Waals surface area contributed by atoms with Gasteiger partial charge in [0, 0.05) is 27.5 Å². The Balaban J connectivity index is 1.18. The van der Waals surface area contributed by atoms with Crippen LogP contribution < -0.4 is 0 Å². The number of nitrogens with zero attached hydrogens (tertiary/aromatic N) is 3. The Morgan fingerprint density at radius 2 is 0.776 bits per heavy atom. The van der Waals surface area contributed by atoms with Crippen molar-refractivity contribution in [1.29, 1.82) is 0 Å². The fraction of sp³-hybridized carbons (Fsp3) is 0. The van der Waals surface area contributed by atoms with Crippen molar-refractivity contribution < 1.29 is 4.42 Å². The molecule has 49 heavy (non-hydrogen) atoms. The van der Waals surface area contributed by atoms with Gasteiger partial charge in [-0.1, -0.05) is 146 Å². The van der Waals surface area contributed by atoms with Gasteiger partial charge in [-0.05, 0) is 63.7 Å². The van der Waals surface area contributed by atoms with Crippen LogP contribution in [-0.4, -0.2) is 15.0 Å². The maximum Gasteiger partial charge on any atom is 0.164 e. The summed E-state index contributed by atoms with van der Waals surface area (Å²) in [6, 6.07) is 60.4. The van der Waals surface area contributed by atoms with Crippen LogP contribution in [0.2, 0.25) is 0 Å². The second kappa shape index (κ2) is 12.2. The van der Waals surface area contributed by atoms with E-state index in [1.165, 1.54) is 11.1 Å². The summed E-state index contributed by atoms with van der Waals surface area (Å²) < 4.78 is 6.51. The molecule has 0 atom stereocenters. The van der Waals surface area contributed by atoms with Gasteiger partial charge in [0.1, 0.15) is 11.2 Å². The van der Waals surface area contributed by atoms with E-state index in [1.807, 2.05) is 54.6 Å². The third-order valence-electron chi connectivity index (χ3n) is 8.94. The minimum absolute atomic E-state index is 0.599. The lowest BCUT2D eigenvalue weighted by Crippen LogP contribution is -2.00. The van der Waals surface area contributed by atoms with E-state index in [2.05, 4.69) is 121 Å². The van der Waals surface area contributed by atoms with Crippen LogP contribution in [-0.2, 0) is 0 Å². The van der Waals surface area contributed by atoms with Gasteiger partial charge in [-0.25, -0.2) is 15.0 Å². The molecule has 0 fully saturated rings. The quantitative estimate of drug-likeness (QED) is 0.184. The summed E-state index contributed by atoms with van der Waals surface area (Å²) >= 11 is 0. The fourth-order valence-electron chi connectivity index (χ4n) is 6.51. The highest BCUT2D eigenvalue weighted by atomic mass is 16.3. The van der Waals surface area contributed by atoms with Crippen LogP contribution in [0.15, 0.2) is 180 Å². The molecule has 0 saturated heterocycles. The number of hydrogen-bond acceptors (Lipinski definition) is 4. The van der Waals surface area contributed by atoms with Crippen LogP contribution in [0.5, 0.6) is 0 Å². The Labute approximate surface area is 284 Å². The van der Waals surface area contributed by atoms with Crippen molar-refractivity contribution >= 4 is 21.9 Å². The molecule has 0 N–H and O–H groups in total. The maximum atomic E-state index is 6.51. The van der Waals surface area contributed by atoms with Gasteiger partial charge in [0.25, 0.3) is 0 Å². The molecule has 0 aliphatic rings. The molecule has 0 spiro atoms. The predicted molar refractivity (Wildman–Crippen MR) is 200 cm³/mol. The zero-order chi connectivity index (χ0) is 32.6. The highest BCUT2D eigenvalue weighted by Gasteiger charge is 2.18. The normalized spacial score (nSPS) is 11.3. The first-order chi connectivity index (χ1) is 24.3. The number of rotatable bonds is 6. The lowest BCUT2D eigenvalue weighted by atomic mass is 9.98. The van der Waals surface area contributed by atoms with Crippen molar-refractivity contribution in [1.82, 2.24) is 15.0 Å². The van der Waals surface area contributed by atoms with Crippen LogP contribution >= 0.6 is 0 Å². The molecule has 9 rings (SSSR count). The van der Waals surface area contributed by atoms with E-state index in [4.69, 9.17) is 19.4 Å². The minimum atomic E-state index is 0.599. The van der Waals surface area contributed by atoms with Crippen LogP contribution in [0.25, 0.3) is 89.5 Å². The lowest BCUT2D eigenvalue weighted by molar-refractivity contribution is 0.669. The molecule has 0 unspecified atom stereocenters. The van der Waals surface area contributed by atoms with Crippen molar-refractivity contribution in [3.05, 3.63) is 176 Å².